The lowest BCUT2D eigenvalue weighted by Crippen LogP contribution is -2.15. The Morgan fingerprint density at radius 3 is 2.73 bits per heavy atom. The Morgan fingerprint density at radius 2 is 2.09 bits per heavy atom. The van der Waals surface area contributed by atoms with E-state index in [1.165, 1.54) is 14.2 Å². The number of ether oxygens (including phenoxy) is 2. The van der Waals surface area contributed by atoms with Gasteiger partial charge in [0, 0.05) is 17.9 Å². The highest BCUT2D eigenvalue weighted by molar-refractivity contribution is 6.32. The molecule has 0 aliphatic heterocycles. The number of halogens is 1. The molecule has 116 valence electrons. The summed E-state index contributed by atoms with van der Waals surface area (Å²) >= 11 is 6.10. The van der Waals surface area contributed by atoms with Gasteiger partial charge in [-0.2, -0.15) is 0 Å². The van der Waals surface area contributed by atoms with Gasteiger partial charge in [-0.05, 0) is 24.6 Å². The average Bonchev–Trinajstić information content (AvgIpc) is 3.13. The molecular formula is C16H16ClNO4. The largest absolute Gasteiger partial charge is 0.495 e. The van der Waals surface area contributed by atoms with Crippen molar-refractivity contribution in [2.24, 2.45) is 5.92 Å². The van der Waals surface area contributed by atoms with Crippen LogP contribution in [0.2, 0.25) is 5.02 Å². The second-order valence-corrected chi connectivity index (χ2v) is 5.55. The Morgan fingerprint density at radius 1 is 1.32 bits per heavy atom. The van der Waals surface area contributed by atoms with Gasteiger partial charge in [-0.15, -0.1) is 0 Å². The maximum absolute atomic E-state index is 12.3. The quantitative estimate of drug-likeness (QED) is 0.912. The second-order valence-electron chi connectivity index (χ2n) is 5.14. The molecule has 22 heavy (non-hydrogen) atoms. The highest BCUT2D eigenvalue weighted by Crippen LogP contribution is 2.48. The van der Waals surface area contributed by atoms with Crippen LogP contribution >= 0.6 is 11.6 Å². The molecule has 1 aliphatic rings. The molecule has 1 aromatic heterocycles. The lowest BCUT2D eigenvalue weighted by atomic mass is 10.2. The van der Waals surface area contributed by atoms with Crippen LogP contribution in [0.3, 0.4) is 0 Å². The number of amides is 1. The molecule has 2 atom stereocenters. The lowest BCUT2D eigenvalue weighted by Gasteiger charge is -2.13. The molecule has 0 saturated heterocycles. The van der Waals surface area contributed by atoms with Gasteiger partial charge in [0.25, 0.3) is 0 Å². The fourth-order valence-electron chi connectivity index (χ4n) is 2.48. The molecule has 1 saturated carbocycles. The molecule has 2 unspecified atom stereocenters. The fourth-order valence-corrected chi connectivity index (χ4v) is 2.73. The van der Waals surface area contributed by atoms with E-state index in [-0.39, 0.29) is 17.7 Å². The number of methoxy groups -OCH3 is 2. The maximum atomic E-state index is 12.3. The van der Waals surface area contributed by atoms with E-state index in [0.29, 0.717) is 22.2 Å². The second kappa shape index (κ2) is 5.93. The Kier molecular flexibility index (Phi) is 3.98. The first-order valence-corrected chi connectivity index (χ1v) is 7.27. The van der Waals surface area contributed by atoms with Crippen molar-refractivity contribution in [3.05, 3.63) is 41.3 Å². The van der Waals surface area contributed by atoms with Gasteiger partial charge in [0.05, 0.1) is 31.2 Å². The highest BCUT2D eigenvalue weighted by atomic mass is 35.5. The summed E-state index contributed by atoms with van der Waals surface area (Å²) in [4.78, 5) is 12.3. The minimum absolute atomic E-state index is 0.0686. The first-order valence-electron chi connectivity index (χ1n) is 6.89. The molecule has 0 spiro atoms. The number of benzene rings is 1. The summed E-state index contributed by atoms with van der Waals surface area (Å²) < 4.78 is 15.7. The summed E-state index contributed by atoms with van der Waals surface area (Å²) in [5.74, 6) is 1.84. The SMILES string of the molecule is COc1cc(OC)c(NC(=O)C2CC2c2ccco2)cc1Cl. The highest BCUT2D eigenvalue weighted by Gasteiger charge is 2.46. The number of nitrogens with one attached hydrogen (secondary N) is 1. The number of carbonyl (C=O) groups is 1. The van der Waals surface area contributed by atoms with Crippen molar-refractivity contribution in [3.63, 3.8) is 0 Å². The number of anilines is 1. The van der Waals surface area contributed by atoms with E-state index in [0.717, 1.165) is 12.2 Å². The van der Waals surface area contributed by atoms with Gasteiger partial charge in [-0.3, -0.25) is 4.79 Å². The molecule has 1 fully saturated rings. The molecule has 2 aromatic rings. The third kappa shape index (κ3) is 2.76. The van der Waals surface area contributed by atoms with E-state index in [9.17, 15) is 4.79 Å². The zero-order valence-corrected chi connectivity index (χ0v) is 13.0. The topological polar surface area (TPSA) is 60.7 Å². The predicted molar refractivity (Wildman–Crippen MR) is 82.7 cm³/mol. The Hall–Kier alpha value is -2.14. The van der Waals surface area contributed by atoms with Crippen LogP contribution in [0.5, 0.6) is 11.5 Å². The van der Waals surface area contributed by atoms with E-state index < -0.39 is 0 Å². The van der Waals surface area contributed by atoms with Gasteiger partial charge >= 0.3 is 0 Å². The summed E-state index contributed by atoms with van der Waals surface area (Å²) in [6.45, 7) is 0. The Labute approximate surface area is 133 Å². The van der Waals surface area contributed by atoms with Crippen LogP contribution in [0.25, 0.3) is 0 Å². The van der Waals surface area contributed by atoms with Crippen molar-refractivity contribution in [3.8, 4) is 11.5 Å². The van der Waals surface area contributed by atoms with Crippen LogP contribution < -0.4 is 14.8 Å². The van der Waals surface area contributed by atoms with Crippen molar-refractivity contribution >= 4 is 23.2 Å². The van der Waals surface area contributed by atoms with E-state index in [2.05, 4.69) is 5.32 Å². The molecule has 1 aromatic carbocycles. The third-order valence-corrected chi connectivity index (χ3v) is 4.06. The zero-order chi connectivity index (χ0) is 15.7. The fraction of sp³-hybridized carbons (Fsp3) is 0.312. The van der Waals surface area contributed by atoms with Crippen LogP contribution in [0.4, 0.5) is 5.69 Å². The molecule has 5 nitrogen and oxygen atoms in total. The minimum atomic E-state index is -0.0864. The standard InChI is InChI=1S/C16H16ClNO4/c1-20-14-8-15(21-2)12(7-11(14)17)18-16(19)10-6-9(10)13-4-3-5-22-13/h3-5,7-10H,6H2,1-2H3,(H,18,19). The Balaban J connectivity index is 1.73. The van der Waals surface area contributed by atoms with Crippen molar-refractivity contribution in [1.29, 1.82) is 0 Å². The molecule has 1 N–H and O–H groups in total. The van der Waals surface area contributed by atoms with Gasteiger partial charge in [0.1, 0.15) is 17.3 Å². The molecule has 6 heteroatoms. The van der Waals surface area contributed by atoms with E-state index in [4.69, 9.17) is 25.5 Å². The van der Waals surface area contributed by atoms with Crippen molar-refractivity contribution in [2.45, 2.75) is 12.3 Å². The van der Waals surface area contributed by atoms with Gasteiger partial charge in [-0.1, -0.05) is 11.6 Å². The third-order valence-electron chi connectivity index (χ3n) is 3.77. The average molecular weight is 322 g/mol. The Bertz CT molecular complexity index is 684. The normalized spacial score (nSPS) is 19.6. The van der Waals surface area contributed by atoms with Crippen LogP contribution in [-0.4, -0.2) is 20.1 Å². The number of hydrogen-bond donors (Lipinski definition) is 1. The zero-order valence-electron chi connectivity index (χ0n) is 12.3. The monoisotopic (exact) mass is 321 g/mol. The maximum Gasteiger partial charge on any atom is 0.228 e. The first-order chi connectivity index (χ1) is 10.6. The van der Waals surface area contributed by atoms with Crippen molar-refractivity contribution < 1.29 is 18.7 Å². The van der Waals surface area contributed by atoms with E-state index >= 15 is 0 Å². The smallest absolute Gasteiger partial charge is 0.228 e. The molecule has 1 heterocycles. The molecule has 1 amide bonds. The van der Waals surface area contributed by atoms with E-state index in [1.54, 1.807) is 18.4 Å². The lowest BCUT2D eigenvalue weighted by molar-refractivity contribution is -0.117. The predicted octanol–water partition coefficient (Wildman–Crippen LogP) is 3.69. The van der Waals surface area contributed by atoms with Gasteiger partial charge in [-0.25, -0.2) is 0 Å². The number of furan rings is 1. The van der Waals surface area contributed by atoms with Crippen LogP contribution in [0, 0.1) is 5.92 Å². The minimum Gasteiger partial charge on any atom is -0.495 e. The summed E-state index contributed by atoms with van der Waals surface area (Å²) in [7, 11) is 3.05. The summed E-state index contributed by atoms with van der Waals surface area (Å²) in [5.41, 5.74) is 0.531. The van der Waals surface area contributed by atoms with Crippen molar-refractivity contribution in [1.82, 2.24) is 0 Å². The molecular weight excluding hydrogens is 306 g/mol. The van der Waals surface area contributed by atoms with Crippen LogP contribution in [-0.2, 0) is 4.79 Å². The molecule has 1 aliphatic carbocycles. The number of carbonyl (C=O) groups excluding carboxylic acids is 1. The van der Waals surface area contributed by atoms with Crippen LogP contribution in [0.1, 0.15) is 18.1 Å². The number of rotatable bonds is 5. The van der Waals surface area contributed by atoms with Gasteiger partial charge in [0.2, 0.25) is 5.91 Å². The molecule has 0 bridgehead atoms. The van der Waals surface area contributed by atoms with Gasteiger partial charge < -0.3 is 19.2 Å². The summed E-state index contributed by atoms with van der Waals surface area (Å²) in [6.07, 6.45) is 2.40. The van der Waals surface area contributed by atoms with Gasteiger partial charge in [0.15, 0.2) is 0 Å². The van der Waals surface area contributed by atoms with Crippen LogP contribution in [0.15, 0.2) is 34.9 Å². The summed E-state index contributed by atoms with van der Waals surface area (Å²) in [6, 6.07) is 6.99. The number of hydrogen-bond acceptors (Lipinski definition) is 4. The summed E-state index contributed by atoms with van der Waals surface area (Å²) in [5, 5.41) is 3.28. The van der Waals surface area contributed by atoms with E-state index in [1.807, 2.05) is 12.1 Å². The van der Waals surface area contributed by atoms with Crippen molar-refractivity contribution in [2.75, 3.05) is 19.5 Å². The molecule has 3 rings (SSSR count). The first kappa shape index (κ1) is 14.8. The molecule has 0 radical (unpaired) electrons.